The van der Waals surface area contributed by atoms with Crippen molar-refractivity contribution < 1.29 is 27.6 Å². The van der Waals surface area contributed by atoms with E-state index in [9.17, 15) is 13.5 Å². The highest BCUT2D eigenvalue weighted by atomic mass is 32.2. The fourth-order valence-corrected chi connectivity index (χ4v) is 1.72. The van der Waals surface area contributed by atoms with Gasteiger partial charge in [0.25, 0.3) is 10.1 Å². The van der Waals surface area contributed by atoms with E-state index in [0.717, 1.165) is 0 Å². The number of benzene rings is 1. The molecule has 1 rings (SSSR count). The van der Waals surface area contributed by atoms with Gasteiger partial charge in [-0.1, -0.05) is 6.08 Å². The molecule has 0 aromatic heterocycles. The van der Waals surface area contributed by atoms with Crippen LogP contribution in [0.5, 0.6) is 5.75 Å². The second-order valence-corrected chi connectivity index (χ2v) is 5.16. The van der Waals surface area contributed by atoms with Gasteiger partial charge in [-0.15, -0.1) is 6.58 Å². The quantitative estimate of drug-likeness (QED) is 0.419. The van der Waals surface area contributed by atoms with E-state index in [1.807, 2.05) is 0 Å². The van der Waals surface area contributed by atoms with Crippen molar-refractivity contribution in [1.29, 1.82) is 0 Å². The van der Waals surface area contributed by atoms with Gasteiger partial charge >= 0.3 is 0 Å². The number of aliphatic hydroxyl groups is 1. The molecule has 6 nitrogen and oxygen atoms in total. The summed E-state index contributed by atoms with van der Waals surface area (Å²) in [6.07, 6.45) is 0.781. The van der Waals surface area contributed by atoms with Gasteiger partial charge in [0.1, 0.15) is 18.5 Å². The fourth-order valence-electron chi connectivity index (χ4n) is 1.24. The lowest BCUT2D eigenvalue weighted by Crippen LogP contribution is -2.23. The van der Waals surface area contributed by atoms with Crippen molar-refractivity contribution in [1.82, 2.24) is 0 Å². The van der Waals surface area contributed by atoms with Crippen molar-refractivity contribution in [3.05, 3.63) is 36.9 Å². The van der Waals surface area contributed by atoms with Gasteiger partial charge in [-0.25, -0.2) is 0 Å². The van der Waals surface area contributed by atoms with Crippen LogP contribution in [-0.4, -0.2) is 44.0 Å². The van der Waals surface area contributed by atoms with E-state index in [4.69, 9.17) is 14.0 Å². The Labute approximate surface area is 112 Å². The molecule has 7 heteroatoms. The van der Waals surface area contributed by atoms with Crippen LogP contribution in [0, 0.1) is 0 Å². The molecule has 0 amide bonds. The van der Waals surface area contributed by atoms with Crippen LogP contribution >= 0.6 is 0 Å². The molecule has 0 aliphatic heterocycles. The summed E-state index contributed by atoms with van der Waals surface area (Å²) in [6.45, 7) is 3.96. The standard InChI is InChI=1S/C12H16O6S/c1-2-7-17-8-10(13)9-18-11-3-5-12(6-4-11)19(14,15)16/h2-6,10,13H,1,7-9H2,(H,14,15,16)/t10-/m0/s1. The molecule has 0 fully saturated rings. The first-order valence-corrected chi connectivity index (χ1v) is 6.94. The average molecular weight is 288 g/mol. The van der Waals surface area contributed by atoms with E-state index in [-0.39, 0.29) is 18.1 Å². The van der Waals surface area contributed by atoms with E-state index >= 15 is 0 Å². The molecule has 0 aliphatic rings. The zero-order valence-corrected chi connectivity index (χ0v) is 11.0. The highest BCUT2D eigenvalue weighted by molar-refractivity contribution is 7.85. The van der Waals surface area contributed by atoms with Gasteiger partial charge < -0.3 is 14.6 Å². The maximum atomic E-state index is 10.8. The molecule has 1 aromatic rings. The second kappa shape index (κ2) is 7.25. The molecule has 106 valence electrons. The summed E-state index contributed by atoms with van der Waals surface area (Å²) in [5, 5.41) is 9.50. The lowest BCUT2D eigenvalue weighted by atomic mass is 10.3. The first-order chi connectivity index (χ1) is 8.93. The number of ether oxygens (including phenoxy) is 2. The predicted molar refractivity (Wildman–Crippen MR) is 68.8 cm³/mol. The van der Waals surface area contributed by atoms with Crippen LogP contribution in [0.3, 0.4) is 0 Å². The van der Waals surface area contributed by atoms with Crippen LogP contribution in [0.15, 0.2) is 41.8 Å². The van der Waals surface area contributed by atoms with Crippen LogP contribution < -0.4 is 4.74 Å². The number of hydrogen-bond acceptors (Lipinski definition) is 5. The molecule has 0 aliphatic carbocycles. The number of hydrogen-bond donors (Lipinski definition) is 2. The Morgan fingerprint density at radius 1 is 1.26 bits per heavy atom. The fraction of sp³-hybridized carbons (Fsp3) is 0.333. The molecule has 0 heterocycles. The topological polar surface area (TPSA) is 93.1 Å². The third-order valence-electron chi connectivity index (χ3n) is 2.11. The summed E-state index contributed by atoms with van der Waals surface area (Å²) in [6, 6.07) is 5.21. The summed E-state index contributed by atoms with van der Waals surface area (Å²) in [5.74, 6) is 0.384. The molecule has 0 spiro atoms. The van der Waals surface area contributed by atoms with Crippen molar-refractivity contribution in [3.8, 4) is 5.75 Å². The molecule has 0 bridgehead atoms. The van der Waals surface area contributed by atoms with Crippen LogP contribution in [0.1, 0.15) is 0 Å². The molecular weight excluding hydrogens is 272 g/mol. The Morgan fingerprint density at radius 3 is 2.42 bits per heavy atom. The Balaban J connectivity index is 2.44. The Bertz CT molecular complexity index is 493. The minimum atomic E-state index is -4.20. The minimum Gasteiger partial charge on any atom is -0.491 e. The van der Waals surface area contributed by atoms with E-state index in [1.165, 1.54) is 24.3 Å². The first-order valence-electron chi connectivity index (χ1n) is 5.50. The van der Waals surface area contributed by atoms with Crippen molar-refractivity contribution in [3.63, 3.8) is 0 Å². The SMILES string of the molecule is C=CCOC[C@H](O)COc1ccc(S(=O)(=O)O)cc1. The maximum Gasteiger partial charge on any atom is 0.294 e. The van der Waals surface area contributed by atoms with Crippen molar-refractivity contribution in [2.24, 2.45) is 0 Å². The molecule has 1 aromatic carbocycles. The van der Waals surface area contributed by atoms with Gasteiger partial charge in [0.15, 0.2) is 0 Å². The summed E-state index contributed by atoms with van der Waals surface area (Å²) in [4.78, 5) is -0.213. The van der Waals surface area contributed by atoms with Gasteiger partial charge in [0, 0.05) is 0 Å². The molecule has 0 unspecified atom stereocenters. The van der Waals surface area contributed by atoms with Gasteiger partial charge in [0.2, 0.25) is 0 Å². The third kappa shape index (κ3) is 5.84. The monoisotopic (exact) mass is 288 g/mol. The van der Waals surface area contributed by atoms with Gasteiger partial charge in [-0.05, 0) is 24.3 Å². The normalized spacial score (nSPS) is 12.9. The van der Waals surface area contributed by atoms with Crippen molar-refractivity contribution >= 4 is 10.1 Å². The molecule has 19 heavy (non-hydrogen) atoms. The Kier molecular flexibility index (Phi) is 5.97. The summed E-state index contributed by atoms with van der Waals surface area (Å²) in [5.41, 5.74) is 0. The minimum absolute atomic E-state index is 0.0162. The van der Waals surface area contributed by atoms with Crippen molar-refractivity contribution in [2.75, 3.05) is 19.8 Å². The van der Waals surface area contributed by atoms with Crippen molar-refractivity contribution in [2.45, 2.75) is 11.0 Å². The van der Waals surface area contributed by atoms with E-state index < -0.39 is 16.2 Å². The van der Waals surface area contributed by atoms with E-state index in [0.29, 0.717) is 12.4 Å². The summed E-state index contributed by atoms with van der Waals surface area (Å²) < 4.78 is 40.7. The largest absolute Gasteiger partial charge is 0.491 e. The lowest BCUT2D eigenvalue weighted by molar-refractivity contribution is 0.0214. The predicted octanol–water partition coefficient (Wildman–Crippen LogP) is 0.876. The zero-order valence-electron chi connectivity index (χ0n) is 10.2. The maximum absolute atomic E-state index is 10.8. The van der Waals surface area contributed by atoms with Crippen LogP contribution in [0.2, 0.25) is 0 Å². The third-order valence-corrected chi connectivity index (χ3v) is 2.98. The summed E-state index contributed by atoms with van der Waals surface area (Å²) in [7, 11) is -4.20. The van der Waals surface area contributed by atoms with Crippen LogP contribution in [0.25, 0.3) is 0 Å². The van der Waals surface area contributed by atoms with E-state index in [2.05, 4.69) is 6.58 Å². The second-order valence-electron chi connectivity index (χ2n) is 3.74. The number of rotatable bonds is 8. The summed E-state index contributed by atoms with van der Waals surface area (Å²) >= 11 is 0. The highest BCUT2D eigenvalue weighted by Crippen LogP contribution is 2.15. The van der Waals surface area contributed by atoms with Gasteiger partial charge in [-0.2, -0.15) is 8.42 Å². The van der Waals surface area contributed by atoms with Crippen LogP contribution in [0.4, 0.5) is 0 Å². The first kappa shape index (κ1) is 15.6. The molecule has 0 saturated carbocycles. The molecule has 1 atom stereocenters. The smallest absolute Gasteiger partial charge is 0.294 e. The average Bonchev–Trinajstić information content (AvgIpc) is 2.36. The highest BCUT2D eigenvalue weighted by Gasteiger charge is 2.09. The molecule has 0 saturated heterocycles. The van der Waals surface area contributed by atoms with Gasteiger partial charge in [0.05, 0.1) is 18.1 Å². The lowest BCUT2D eigenvalue weighted by Gasteiger charge is -2.12. The Hall–Kier alpha value is -1.41. The van der Waals surface area contributed by atoms with Crippen LogP contribution in [-0.2, 0) is 14.9 Å². The molecule has 0 radical (unpaired) electrons. The van der Waals surface area contributed by atoms with E-state index in [1.54, 1.807) is 6.08 Å². The number of aliphatic hydroxyl groups excluding tert-OH is 1. The molecule has 2 N–H and O–H groups in total. The molecular formula is C12H16O6S. The van der Waals surface area contributed by atoms with Gasteiger partial charge in [-0.3, -0.25) is 4.55 Å². The Morgan fingerprint density at radius 2 is 1.89 bits per heavy atom. The zero-order chi connectivity index (χ0) is 14.3.